The van der Waals surface area contributed by atoms with Crippen molar-refractivity contribution in [1.82, 2.24) is 0 Å². The molecule has 30 heavy (non-hydrogen) atoms. The second-order valence-corrected chi connectivity index (χ2v) is 8.89. The fourth-order valence-electron chi connectivity index (χ4n) is 5.52. The molecule has 0 unspecified atom stereocenters. The normalized spacial score (nSPS) is 21.2. The Balaban J connectivity index is 1.35. The summed E-state index contributed by atoms with van der Waals surface area (Å²) < 4.78 is 0. The van der Waals surface area contributed by atoms with E-state index in [1.54, 1.807) is 11.1 Å². The molecule has 0 saturated carbocycles. The number of rotatable bonds is 2. The van der Waals surface area contributed by atoms with Gasteiger partial charge in [-0.2, -0.15) is 0 Å². The van der Waals surface area contributed by atoms with Crippen LogP contribution in [0.2, 0.25) is 0 Å². The van der Waals surface area contributed by atoms with Gasteiger partial charge in [-0.25, -0.2) is 0 Å². The molecular weight excluding hydrogens is 360 g/mol. The fraction of sp³-hybridized carbons (Fsp3) is 0.200. The predicted octanol–water partition coefficient (Wildman–Crippen LogP) is 8.28. The van der Waals surface area contributed by atoms with Crippen molar-refractivity contribution in [3.8, 4) is 0 Å². The van der Waals surface area contributed by atoms with E-state index in [0.29, 0.717) is 11.8 Å². The molecule has 2 atom stereocenters. The van der Waals surface area contributed by atoms with Gasteiger partial charge in [-0.15, -0.1) is 0 Å². The summed E-state index contributed by atoms with van der Waals surface area (Å²) in [6.07, 6.45) is 9.99. The van der Waals surface area contributed by atoms with Crippen LogP contribution in [-0.4, -0.2) is 0 Å². The molecule has 2 aliphatic rings. The summed E-state index contributed by atoms with van der Waals surface area (Å²) in [4.78, 5) is 0. The van der Waals surface area contributed by atoms with Gasteiger partial charge in [0.25, 0.3) is 0 Å². The van der Waals surface area contributed by atoms with Crippen molar-refractivity contribution >= 4 is 32.7 Å². The van der Waals surface area contributed by atoms with Crippen molar-refractivity contribution in [3.63, 3.8) is 0 Å². The second kappa shape index (κ2) is 7.29. The molecule has 146 valence electrons. The maximum absolute atomic E-state index is 2.56. The summed E-state index contributed by atoms with van der Waals surface area (Å²) >= 11 is 0. The van der Waals surface area contributed by atoms with E-state index in [1.807, 2.05) is 0 Å². The van der Waals surface area contributed by atoms with E-state index in [1.165, 1.54) is 45.5 Å². The lowest BCUT2D eigenvalue weighted by molar-refractivity contribution is 0.544. The maximum Gasteiger partial charge on any atom is -0.0124 e. The van der Waals surface area contributed by atoms with Gasteiger partial charge in [-0.1, -0.05) is 84.9 Å². The molecule has 0 amide bonds. The molecule has 0 nitrogen and oxygen atoms in total. The fourth-order valence-corrected chi connectivity index (χ4v) is 5.52. The van der Waals surface area contributed by atoms with Crippen molar-refractivity contribution in [2.45, 2.75) is 25.7 Å². The molecule has 0 heterocycles. The Hall–Kier alpha value is -3.12. The zero-order valence-corrected chi connectivity index (χ0v) is 17.2. The molecule has 0 N–H and O–H groups in total. The Morgan fingerprint density at radius 3 is 1.37 bits per heavy atom. The van der Waals surface area contributed by atoms with E-state index in [0.717, 1.165) is 12.8 Å². The zero-order valence-electron chi connectivity index (χ0n) is 17.2. The van der Waals surface area contributed by atoms with E-state index in [2.05, 4.69) is 97.1 Å². The third-order valence-corrected chi connectivity index (χ3v) is 7.15. The molecule has 0 fully saturated rings. The average molecular weight is 387 g/mol. The Morgan fingerprint density at radius 2 is 0.900 bits per heavy atom. The molecule has 0 aliphatic heterocycles. The van der Waals surface area contributed by atoms with E-state index in [-0.39, 0.29) is 0 Å². The molecule has 2 bridgehead atoms. The quantitative estimate of drug-likeness (QED) is 0.325. The van der Waals surface area contributed by atoms with Crippen LogP contribution in [0.3, 0.4) is 0 Å². The molecule has 4 aromatic carbocycles. The summed E-state index contributed by atoms with van der Waals surface area (Å²) in [6.45, 7) is 0. The van der Waals surface area contributed by atoms with E-state index >= 15 is 0 Å². The van der Waals surface area contributed by atoms with Crippen LogP contribution in [0.25, 0.3) is 32.7 Å². The van der Waals surface area contributed by atoms with Crippen molar-refractivity contribution in [1.29, 1.82) is 0 Å². The lowest BCUT2D eigenvalue weighted by Gasteiger charge is -2.20. The smallest absolute Gasteiger partial charge is 0.0124 e. The summed E-state index contributed by atoms with van der Waals surface area (Å²) in [5, 5.41) is 5.35. The van der Waals surface area contributed by atoms with Crippen LogP contribution < -0.4 is 0 Å². The highest BCUT2D eigenvalue weighted by Gasteiger charge is 2.27. The summed E-state index contributed by atoms with van der Waals surface area (Å²) in [5.74, 6) is 1.27. The molecule has 6 rings (SSSR count). The van der Waals surface area contributed by atoms with Crippen LogP contribution in [0.15, 0.2) is 97.1 Å². The predicted molar refractivity (Wildman–Crippen MR) is 129 cm³/mol. The number of hydrogen-bond donors (Lipinski definition) is 0. The van der Waals surface area contributed by atoms with Crippen LogP contribution in [0.5, 0.6) is 0 Å². The summed E-state index contributed by atoms with van der Waals surface area (Å²) in [5.41, 5.74) is 5.97. The minimum atomic E-state index is 0.633. The largest absolute Gasteiger partial charge is 0.0798 e. The molecule has 0 aromatic heterocycles. The van der Waals surface area contributed by atoms with Gasteiger partial charge < -0.3 is 0 Å². The molecule has 0 spiro atoms. The SMILES string of the molecule is C1=C(c2ccc3ccccc3c2)[C@H]2CC=C(c3ccc4ccccc4c3)[C@@H](C1)CC2. The Bertz CT molecular complexity index is 1200. The van der Waals surface area contributed by atoms with Gasteiger partial charge in [0.1, 0.15) is 0 Å². The van der Waals surface area contributed by atoms with Gasteiger partial charge in [0.2, 0.25) is 0 Å². The monoisotopic (exact) mass is 386 g/mol. The van der Waals surface area contributed by atoms with Gasteiger partial charge >= 0.3 is 0 Å². The van der Waals surface area contributed by atoms with Gasteiger partial charge in [0, 0.05) is 0 Å². The van der Waals surface area contributed by atoms with Crippen molar-refractivity contribution in [2.24, 2.45) is 11.8 Å². The highest BCUT2D eigenvalue weighted by atomic mass is 14.3. The van der Waals surface area contributed by atoms with Gasteiger partial charge in [-0.3, -0.25) is 0 Å². The van der Waals surface area contributed by atoms with Crippen molar-refractivity contribution in [3.05, 3.63) is 108 Å². The zero-order chi connectivity index (χ0) is 19.9. The number of hydrogen-bond acceptors (Lipinski definition) is 0. The minimum Gasteiger partial charge on any atom is -0.0798 e. The second-order valence-electron chi connectivity index (χ2n) is 8.89. The van der Waals surface area contributed by atoms with Crippen molar-refractivity contribution in [2.75, 3.05) is 0 Å². The molecule has 0 radical (unpaired) electrons. The van der Waals surface area contributed by atoms with Crippen LogP contribution in [0, 0.1) is 11.8 Å². The first-order valence-electron chi connectivity index (χ1n) is 11.2. The Labute approximate surface area is 178 Å². The summed E-state index contributed by atoms with van der Waals surface area (Å²) in [7, 11) is 0. The van der Waals surface area contributed by atoms with Crippen LogP contribution >= 0.6 is 0 Å². The number of benzene rings is 4. The van der Waals surface area contributed by atoms with E-state index in [4.69, 9.17) is 0 Å². The lowest BCUT2D eigenvalue weighted by atomic mass is 9.85. The Kier molecular flexibility index (Phi) is 4.30. The van der Waals surface area contributed by atoms with Crippen molar-refractivity contribution < 1.29 is 0 Å². The van der Waals surface area contributed by atoms with Gasteiger partial charge in [0.05, 0.1) is 0 Å². The van der Waals surface area contributed by atoms with Gasteiger partial charge in [-0.05, 0) is 93.5 Å². The van der Waals surface area contributed by atoms with Gasteiger partial charge in [0.15, 0.2) is 0 Å². The molecule has 2 aliphatic carbocycles. The first-order chi connectivity index (χ1) is 14.8. The molecule has 0 heteroatoms. The lowest BCUT2D eigenvalue weighted by Crippen LogP contribution is -2.02. The topological polar surface area (TPSA) is 0 Å². The van der Waals surface area contributed by atoms with E-state index < -0.39 is 0 Å². The number of fused-ring (bicyclic) bond motifs is 5. The van der Waals surface area contributed by atoms with Crippen LogP contribution in [0.1, 0.15) is 36.8 Å². The average Bonchev–Trinajstić information content (AvgIpc) is 3.13. The number of allylic oxidation sites excluding steroid dienone is 4. The first kappa shape index (κ1) is 17.7. The molecule has 4 aromatic rings. The highest BCUT2D eigenvalue weighted by Crippen LogP contribution is 2.44. The third kappa shape index (κ3) is 3.08. The minimum absolute atomic E-state index is 0.633. The maximum atomic E-state index is 2.56. The molecular formula is C30H26. The van der Waals surface area contributed by atoms with Crippen LogP contribution in [0.4, 0.5) is 0 Å². The standard InChI is InChI=1S/C30H26/c1-3-7-25-19-27(13-9-21(25)5-1)29-17-15-24-12-11-23(29)16-18-30(24)28-14-10-22-6-2-4-8-26(22)20-28/h1-10,13-14,17-20,23-24H,11-12,15-16H2/t23-,24-/m1/s1. The highest BCUT2D eigenvalue weighted by molar-refractivity contribution is 5.88. The molecule has 0 saturated heterocycles. The first-order valence-corrected chi connectivity index (χ1v) is 11.2. The third-order valence-electron chi connectivity index (χ3n) is 7.15. The summed E-state index contributed by atoms with van der Waals surface area (Å²) in [6, 6.07) is 31.4. The van der Waals surface area contributed by atoms with Crippen LogP contribution in [-0.2, 0) is 0 Å². The van der Waals surface area contributed by atoms with E-state index in [9.17, 15) is 0 Å². The Morgan fingerprint density at radius 1 is 0.467 bits per heavy atom.